The first-order valence-electron chi connectivity index (χ1n) is 5.54. The van der Waals surface area contributed by atoms with E-state index in [1.54, 1.807) is 11.3 Å². The van der Waals surface area contributed by atoms with E-state index in [1.165, 1.54) is 5.69 Å². The van der Waals surface area contributed by atoms with Crippen LogP contribution >= 0.6 is 11.3 Å². The van der Waals surface area contributed by atoms with Crippen LogP contribution in [-0.4, -0.2) is 24.6 Å². The third-order valence-electron chi connectivity index (χ3n) is 2.44. The largest absolute Gasteiger partial charge is 0.330 e. The molecular formula is C11H21N3S. The van der Waals surface area contributed by atoms with Gasteiger partial charge in [-0.2, -0.15) is 0 Å². The maximum Gasteiger partial charge on any atom is 0.0897 e. The van der Waals surface area contributed by atoms with Crippen LogP contribution < -0.4 is 11.1 Å². The van der Waals surface area contributed by atoms with Gasteiger partial charge in [0.05, 0.1) is 10.7 Å². The lowest BCUT2D eigenvalue weighted by Crippen LogP contribution is -2.22. The zero-order chi connectivity index (χ0) is 11.1. The van der Waals surface area contributed by atoms with Crippen LogP contribution in [0.3, 0.4) is 0 Å². The summed E-state index contributed by atoms with van der Waals surface area (Å²) in [6.07, 6.45) is 2.19. The number of hydrogen-bond acceptors (Lipinski definition) is 4. The second kappa shape index (κ2) is 6.93. The quantitative estimate of drug-likeness (QED) is 0.695. The fourth-order valence-corrected chi connectivity index (χ4v) is 1.98. The van der Waals surface area contributed by atoms with E-state index in [4.69, 9.17) is 5.73 Å². The minimum atomic E-state index is 0.624. The molecule has 3 N–H and O–H groups in total. The number of nitrogens with one attached hydrogen (secondary N) is 1. The summed E-state index contributed by atoms with van der Waals surface area (Å²) >= 11 is 1.72. The van der Waals surface area contributed by atoms with Crippen LogP contribution in [0.25, 0.3) is 0 Å². The Bertz CT molecular complexity index is 273. The van der Waals surface area contributed by atoms with Gasteiger partial charge in [-0.05, 0) is 32.4 Å². The van der Waals surface area contributed by atoms with Crippen LogP contribution in [0.1, 0.15) is 24.0 Å². The second-order valence-electron chi connectivity index (χ2n) is 3.99. The molecule has 3 nitrogen and oxygen atoms in total. The van der Waals surface area contributed by atoms with E-state index in [-0.39, 0.29) is 0 Å². The summed E-state index contributed by atoms with van der Waals surface area (Å²) in [5.41, 5.74) is 6.75. The van der Waals surface area contributed by atoms with Gasteiger partial charge in [0.25, 0.3) is 0 Å². The number of aryl methyl sites for hydroxylation is 1. The number of aromatic nitrogens is 1. The van der Waals surface area contributed by atoms with E-state index in [0.29, 0.717) is 5.92 Å². The van der Waals surface area contributed by atoms with Crippen LogP contribution in [0.5, 0.6) is 0 Å². The maximum absolute atomic E-state index is 5.54. The highest BCUT2D eigenvalue weighted by atomic mass is 32.1. The van der Waals surface area contributed by atoms with Gasteiger partial charge in [0, 0.05) is 18.3 Å². The average molecular weight is 227 g/mol. The zero-order valence-corrected chi connectivity index (χ0v) is 10.4. The number of nitrogens with zero attached hydrogens (tertiary/aromatic N) is 1. The Hall–Kier alpha value is -0.450. The molecule has 15 heavy (non-hydrogen) atoms. The molecule has 0 amide bonds. The van der Waals surface area contributed by atoms with Crippen molar-refractivity contribution in [2.24, 2.45) is 11.7 Å². The lowest BCUT2D eigenvalue weighted by molar-refractivity contribution is 0.510. The third kappa shape index (κ3) is 5.25. The molecule has 0 fully saturated rings. The molecule has 0 aliphatic carbocycles. The van der Waals surface area contributed by atoms with E-state index in [9.17, 15) is 0 Å². The molecule has 4 heteroatoms. The highest BCUT2D eigenvalue weighted by Gasteiger charge is 1.99. The monoisotopic (exact) mass is 227 g/mol. The third-order valence-corrected chi connectivity index (χ3v) is 3.26. The Morgan fingerprint density at radius 2 is 2.33 bits per heavy atom. The summed E-state index contributed by atoms with van der Waals surface area (Å²) in [5, 5.41) is 6.71. The van der Waals surface area contributed by atoms with Gasteiger partial charge in [0.2, 0.25) is 0 Å². The van der Waals surface area contributed by atoms with Crippen LogP contribution in [-0.2, 0) is 6.42 Å². The highest BCUT2D eigenvalue weighted by molar-refractivity contribution is 7.09. The Morgan fingerprint density at radius 3 is 2.93 bits per heavy atom. The van der Waals surface area contributed by atoms with Crippen LogP contribution in [0.15, 0.2) is 5.38 Å². The number of nitrogens with two attached hydrogens (primary N) is 1. The molecule has 0 spiro atoms. The fourth-order valence-electron chi connectivity index (χ4n) is 1.33. The van der Waals surface area contributed by atoms with E-state index in [2.05, 4.69) is 22.6 Å². The normalized spacial score (nSPS) is 13.0. The molecule has 0 radical (unpaired) electrons. The number of thiazole rings is 1. The van der Waals surface area contributed by atoms with Crippen molar-refractivity contribution in [2.45, 2.75) is 26.7 Å². The Labute approximate surface area is 96.1 Å². The molecule has 0 saturated carbocycles. The van der Waals surface area contributed by atoms with E-state index in [1.807, 2.05) is 6.92 Å². The van der Waals surface area contributed by atoms with Crippen molar-refractivity contribution in [3.05, 3.63) is 16.1 Å². The minimum Gasteiger partial charge on any atom is -0.330 e. The smallest absolute Gasteiger partial charge is 0.0897 e. The van der Waals surface area contributed by atoms with Crippen molar-refractivity contribution in [2.75, 3.05) is 19.6 Å². The molecule has 1 rings (SSSR count). The van der Waals surface area contributed by atoms with E-state index >= 15 is 0 Å². The van der Waals surface area contributed by atoms with Gasteiger partial charge in [0.15, 0.2) is 0 Å². The predicted molar refractivity (Wildman–Crippen MR) is 66.3 cm³/mol. The van der Waals surface area contributed by atoms with Gasteiger partial charge < -0.3 is 11.1 Å². The molecule has 0 aromatic carbocycles. The molecule has 86 valence electrons. The molecule has 1 aromatic rings. The number of hydrogen-bond donors (Lipinski definition) is 2. The van der Waals surface area contributed by atoms with Gasteiger partial charge in [-0.15, -0.1) is 11.3 Å². The molecule has 0 saturated heterocycles. The Morgan fingerprint density at radius 1 is 1.53 bits per heavy atom. The Kier molecular flexibility index (Phi) is 5.83. The van der Waals surface area contributed by atoms with E-state index in [0.717, 1.165) is 37.5 Å². The van der Waals surface area contributed by atoms with Crippen molar-refractivity contribution in [3.8, 4) is 0 Å². The first kappa shape index (κ1) is 12.6. The molecule has 0 aliphatic rings. The van der Waals surface area contributed by atoms with Crippen molar-refractivity contribution in [1.82, 2.24) is 10.3 Å². The second-order valence-corrected chi connectivity index (χ2v) is 5.05. The minimum absolute atomic E-state index is 0.624. The van der Waals surface area contributed by atoms with Gasteiger partial charge in [-0.25, -0.2) is 4.98 Å². The summed E-state index contributed by atoms with van der Waals surface area (Å²) in [6, 6.07) is 0. The standard InChI is InChI=1S/C11H21N3S/c1-9(7-12)3-5-13-6-4-11-8-15-10(2)14-11/h8-9,13H,3-7,12H2,1-2H3. The highest BCUT2D eigenvalue weighted by Crippen LogP contribution is 2.07. The molecular weight excluding hydrogens is 206 g/mol. The average Bonchev–Trinajstić information content (AvgIpc) is 2.63. The van der Waals surface area contributed by atoms with Gasteiger partial charge in [0.1, 0.15) is 0 Å². The van der Waals surface area contributed by atoms with Gasteiger partial charge in [-0.1, -0.05) is 6.92 Å². The van der Waals surface area contributed by atoms with Crippen molar-refractivity contribution in [1.29, 1.82) is 0 Å². The summed E-state index contributed by atoms with van der Waals surface area (Å²) < 4.78 is 0. The van der Waals surface area contributed by atoms with Crippen LogP contribution in [0, 0.1) is 12.8 Å². The molecule has 0 bridgehead atoms. The maximum atomic E-state index is 5.54. The van der Waals surface area contributed by atoms with Gasteiger partial charge in [-0.3, -0.25) is 0 Å². The lowest BCUT2D eigenvalue weighted by atomic mass is 10.1. The summed E-state index contributed by atoms with van der Waals surface area (Å²) in [5.74, 6) is 0.624. The van der Waals surface area contributed by atoms with Crippen LogP contribution in [0.4, 0.5) is 0 Å². The topological polar surface area (TPSA) is 50.9 Å². The number of rotatable bonds is 7. The zero-order valence-electron chi connectivity index (χ0n) is 9.62. The fraction of sp³-hybridized carbons (Fsp3) is 0.727. The first-order valence-corrected chi connectivity index (χ1v) is 6.42. The van der Waals surface area contributed by atoms with Crippen LogP contribution in [0.2, 0.25) is 0 Å². The summed E-state index contributed by atoms with van der Waals surface area (Å²) in [4.78, 5) is 4.42. The molecule has 1 aromatic heterocycles. The summed E-state index contributed by atoms with van der Waals surface area (Å²) in [7, 11) is 0. The van der Waals surface area contributed by atoms with Crippen molar-refractivity contribution < 1.29 is 0 Å². The van der Waals surface area contributed by atoms with E-state index < -0.39 is 0 Å². The van der Waals surface area contributed by atoms with Crippen molar-refractivity contribution >= 4 is 11.3 Å². The molecule has 1 unspecified atom stereocenters. The molecule has 1 atom stereocenters. The Balaban J connectivity index is 2.02. The lowest BCUT2D eigenvalue weighted by Gasteiger charge is -2.08. The molecule has 0 aliphatic heterocycles. The van der Waals surface area contributed by atoms with Crippen molar-refractivity contribution in [3.63, 3.8) is 0 Å². The SMILES string of the molecule is Cc1nc(CCNCCC(C)CN)cs1. The van der Waals surface area contributed by atoms with Gasteiger partial charge >= 0.3 is 0 Å². The first-order chi connectivity index (χ1) is 7.22. The summed E-state index contributed by atoms with van der Waals surface area (Å²) in [6.45, 7) is 7.09. The predicted octanol–water partition coefficient (Wildman–Crippen LogP) is 1.57. The molecule has 1 heterocycles.